The van der Waals surface area contributed by atoms with Crippen LogP contribution in [0.2, 0.25) is 0 Å². The highest BCUT2D eigenvalue weighted by atomic mass is 16.3. The Hall–Kier alpha value is -1.08. The minimum absolute atomic E-state index is 0.140. The first-order valence-electron chi connectivity index (χ1n) is 5.29. The number of benzene rings is 1. The van der Waals surface area contributed by atoms with Gasteiger partial charge in [-0.3, -0.25) is 0 Å². The molecule has 0 radical (unpaired) electrons. The lowest BCUT2D eigenvalue weighted by Crippen LogP contribution is -1.93. The Labute approximate surface area is 85.1 Å². The van der Waals surface area contributed by atoms with Gasteiger partial charge in [-0.15, -0.1) is 0 Å². The van der Waals surface area contributed by atoms with Crippen molar-refractivity contribution < 1.29 is 5.11 Å². The molecule has 0 saturated heterocycles. The van der Waals surface area contributed by atoms with Crippen molar-refractivity contribution in [3.63, 3.8) is 0 Å². The quantitative estimate of drug-likeness (QED) is 0.756. The largest absolute Gasteiger partial charge is 0.392 e. The maximum Gasteiger partial charge on any atom is 0.0682 e. The van der Waals surface area contributed by atoms with Crippen LogP contribution in [0.25, 0.3) is 5.57 Å². The zero-order valence-corrected chi connectivity index (χ0v) is 8.37. The lowest BCUT2D eigenvalue weighted by atomic mass is 9.93. The average Bonchev–Trinajstić information content (AvgIpc) is 2.30. The lowest BCUT2D eigenvalue weighted by molar-refractivity contribution is 0.282. The third-order valence-corrected chi connectivity index (χ3v) is 2.77. The van der Waals surface area contributed by atoms with E-state index in [4.69, 9.17) is 5.11 Å². The van der Waals surface area contributed by atoms with Crippen LogP contribution in [0.5, 0.6) is 0 Å². The normalized spacial score (nSPS) is 16.5. The van der Waals surface area contributed by atoms with E-state index >= 15 is 0 Å². The van der Waals surface area contributed by atoms with E-state index in [1.54, 1.807) is 0 Å². The standard InChI is InChI=1S/C13H16O/c14-10-11-5-4-8-13(9-11)12-6-2-1-3-7-12/h4-6,8-9,14H,1-3,7,10H2. The molecule has 14 heavy (non-hydrogen) atoms. The molecule has 1 aromatic rings. The van der Waals surface area contributed by atoms with Crippen molar-refractivity contribution in [3.8, 4) is 0 Å². The Kier molecular flexibility index (Phi) is 3.00. The van der Waals surface area contributed by atoms with Gasteiger partial charge in [-0.05, 0) is 48.4 Å². The Morgan fingerprint density at radius 3 is 2.86 bits per heavy atom. The molecule has 0 bridgehead atoms. The molecule has 1 heteroatoms. The number of allylic oxidation sites excluding steroid dienone is 2. The van der Waals surface area contributed by atoms with Gasteiger partial charge >= 0.3 is 0 Å². The monoisotopic (exact) mass is 188 g/mol. The first-order chi connectivity index (χ1) is 6.90. The minimum atomic E-state index is 0.140. The minimum Gasteiger partial charge on any atom is -0.392 e. The third-order valence-electron chi connectivity index (χ3n) is 2.77. The van der Waals surface area contributed by atoms with Crippen LogP contribution < -0.4 is 0 Å². The van der Waals surface area contributed by atoms with E-state index in [0.29, 0.717) is 0 Å². The van der Waals surface area contributed by atoms with Gasteiger partial charge in [-0.25, -0.2) is 0 Å². The number of hydrogen-bond donors (Lipinski definition) is 1. The van der Waals surface area contributed by atoms with Gasteiger partial charge in [0.1, 0.15) is 0 Å². The molecule has 0 unspecified atom stereocenters. The highest BCUT2D eigenvalue weighted by Crippen LogP contribution is 2.26. The summed E-state index contributed by atoms with van der Waals surface area (Å²) in [6.07, 6.45) is 7.35. The molecule has 0 amide bonds. The molecular formula is C13H16O. The van der Waals surface area contributed by atoms with Crippen LogP contribution in [0, 0.1) is 0 Å². The van der Waals surface area contributed by atoms with Crippen LogP contribution in [-0.4, -0.2) is 5.11 Å². The molecule has 0 atom stereocenters. The van der Waals surface area contributed by atoms with Crippen molar-refractivity contribution in [3.05, 3.63) is 41.5 Å². The highest BCUT2D eigenvalue weighted by Gasteiger charge is 2.05. The van der Waals surface area contributed by atoms with Crippen LogP contribution in [0.15, 0.2) is 30.3 Å². The Morgan fingerprint density at radius 2 is 2.14 bits per heavy atom. The molecule has 1 aliphatic rings. The van der Waals surface area contributed by atoms with Gasteiger partial charge in [0.15, 0.2) is 0 Å². The molecule has 74 valence electrons. The molecule has 2 rings (SSSR count). The Balaban J connectivity index is 2.26. The average molecular weight is 188 g/mol. The van der Waals surface area contributed by atoms with Crippen LogP contribution in [0.4, 0.5) is 0 Å². The van der Waals surface area contributed by atoms with Crippen LogP contribution in [0.1, 0.15) is 36.8 Å². The van der Waals surface area contributed by atoms with Gasteiger partial charge in [-0.2, -0.15) is 0 Å². The highest BCUT2D eigenvalue weighted by molar-refractivity contribution is 5.66. The maximum atomic E-state index is 9.04. The second-order valence-corrected chi connectivity index (χ2v) is 3.83. The second-order valence-electron chi connectivity index (χ2n) is 3.83. The first kappa shape index (κ1) is 9.47. The van der Waals surface area contributed by atoms with Crippen molar-refractivity contribution in [2.45, 2.75) is 32.3 Å². The molecule has 1 aromatic carbocycles. The second kappa shape index (κ2) is 4.43. The summed E-state index contributed by atoms with van der Waals surface area (Å²) in [5, 5.41) is 9.04. The summed E-state index contributed by atoms with van der Waals surface area (Å²) in [4.78, 5) is 0. The molecule has 0 heterocycles. The molecular weight excluding hydrogens is 172 g/mol. The number of hydrogen-bond acceptors (Lipinski definition) is 1. The fourth-order valence-electron chi connectivity index (χ4n) is 1.97. The smallest absolute Gasteiger partial charge is 0.0682 e. The topological polar surface area (TPSA) is 20.2 Å². The Morgan fingerprint density at radius 1 is 1.21 bits per heavy atom. The summed E-state index contributed by atoms with van der Waals surface area (Å²) in [6.45, 7) is 0.140. The summed E-state index contributed by atoms with van der Waals surface area (Å²) in [7, 11) is 0. The summed E-state index contributed by atoms with van der Waals surface area (Å²) >= 11 is 0. The van der Waals surface area contributed by atoms with Crippen molar-refractivity contribution in [1.82, 2.24) is 0 Å². The fraction of sp³-hybridized carbons (Fsp3) is 0.385. The van der Waals surface area contributed by atoms with Gasteiger partial charge in [0.05, 0.1) is 6.61 Å². The van der Waals surface area contributed by atoms with Gasteiger partial charge in [-0.1, -0.05) is 24.3 Å². The third kappa shape index (κ3) is 2.05. The van der Waals surface area contributed by atoms with Gasteiger partial charge in [0.2, 0.25) is 0 Å². The molecule has 1 aliphatic carbocycles. The van der Waals surface area contributed by atoms with Gasteiger partial charge < -0.3 is 5.11 Å². The van der Waals surface area contributed by atoms with Crippen LogP contribution in [-0.2, 0) is 6.61 Å². The zero-order chi connectivity index (χ0) is 9.80. The molecule has 1 N–H and O–H groups in total. The summed E-state index contributed by atoms with van der Waals surface area (Å²) < 4.78 is 0. The summed E-state index contributed by atoms with van der Waals surface area (Å²) in [6, 6.07) is 8.22. The first-order valence-corrected chi connectivity index (χ1v) is 5.29. The maximum absolute atomic E-state index is 9.04. The van der Waals surface area contributed by atoms with Gasteiger partial charge in [0.25, 0.3) is 0 Å². The van der Waals surface area contributed by atoms with Crippen molar-refractivity contribution in [1.29, 1.82) is 0 Å². The van der Waals surface area contributed by atoms with E-state index in [-0.39, 0.29) is 6.61 Å². The van der Waals surface area contributed by atoms with Crippen molar-refractivity contribution in [2.24, 2.45) is 0 Å². The molecule has 0 aromatic heterocycles. The Bertz CT molecular complexity index is 339. The van der Waals surface area contributed by atoms with E-state index < -0.39 is 0 Å². The molecule has 0 fully saturated rings. The number of aliphatic hydroxyl groups excluding tert-OH is 1. The SMILES string of the molecule is OCc1cccc(C2=CCCCC2)c1. The fourth-order valence-corrected chi connectivity index (χ4v) is 1.97. The molecule has 0 saturated carbocycles. The predicted octanol–water partition coefficient (Wildman–Crippen LogP) is 3.14. The number of aliphatic hydroxyl groups is 1. The zero-order valence-electron chi connectivity index (χ0n) is 8.37. The summed E-state index contributed by atoms with van der Waals surface area (Å²) in [5.74, 6) is 0. The number of rotatable bonds is 2. The van der Waals surface area contributed by atoms with Crippen molar-refractivity contribution in [2.75, 3.05) is 0 Å². The van der Waals surface area contributed by atoms with Gasteiger partial charge in [0, 0.05) is 0 Å². The lowest BCUT2D eigenvalue weighted by Gasteiger charge is -2.13. The van der Waals surface area contributed by atoms with E-state index in [0.717, 1.165) is 5.56 Å². The molecule has 0 spiro atoms. The van der Waals surface area contributed by atoms with E-state index in [2.05, 4.69) is 18.2 Å². The van der Waals surface area contributed by atoms with E-state index in [1.165, 1.54) is 36.8 Å². The van der Waals surface area contributed by atoms with E-state index in [1.807, 2.05) is 12.1 Å². The predicted molar refractivity (Wildman–Crippen MR) is 58.8 cm³/mol. The molecule has 1 nitrogen and oxygen atoms in total. The van der Waals surface area contributed by atoms with Crippen LogP contribution in [0.3, 0.4) is 0 Å². The summed E-state index contributed by atoms with van der Waals surface area (Å²) in [5.41, 5.74) is 3.75. The van der Waals surface area contributed by atoms with Crippen LogP contribution >= 0.6 is 0 Å². The van der Waals surface area contributed by atoms with Crippen molar-refractivity contribution >= 4 is 5.57 Å². The van der Waals surface area contributed by atoms with E-state index in [9.17, 15) is 0 Å². The molecule has 0 aliphatic heterocycles.